The maximum Gasteiger partial charge on any atom is 0.351 e. The lowest BCUT2D eigenvalue weighted by Crippen LogP contribution is -2.61. The van der Waals surface area contributed by atoms with E-state index in [1.165, 1.54) is 11.0 Å². The summed E-state index contributed by atoms with van der Waals surface area (Å²) in [6, 6.07) is 19.2. The number of nitrogens with two attached hydrogens (primary N) is 2. The number of nitrogens with one attached hydrogen (secondary N) is 3. The summed E-state index contributed by atoms with van der Waals surface area (Å²) in [6.45, 7) is 6.71. The molecule has 1 saturated carbocycles. The van der Waals surface area contributed by atoms with E-state index < -0.39 is 59.6 Å². The van der Waals surface area contributed by atoms with Crippen LogP contribution < -0.4 is 33.1 Å². The molecule has 0 spiro atoms. The highest BCUT2D eigenvalue weighted by atomic mass is 16.5. The number of aliphatic hydroxyl groups excluding tert-OH is 2. The van der Waals surface area contributed by atoms with Gasteiger partial charge in [0, 0.05) is 30.2 Å². The number of ether oxygens (including phenoxy) is 1. The van der Waals surface area contributed by atoms with Crippen LogP contribution in [0.1, 0.15) is 94.4 Å². The van der Waals surface area contributed by atoms with Crippen LogP contribution in [0.15, 0.2) is 83.8 Å². The molecular formula is C47H63N9O8. The average Bonchev–Trinajstić information content (AvgIpc) is 3.74. The van der Waals surface area contributed by atoms with Gasteiger partial charge in [0.15, 0.2) is 0 Å². The maximum absolute atomic E-state index is 13.8. The average molecular weight is 882 g/mol. The van der Waals surface area contributed by atoms with E-state index in [2.05, 4.69) is 30.8 Å². The van der Waals surface area contributed by atoms with Crippen LogP contribution in [-0.2, 0) is 25.5 Å². The highest BCUT2D eigenvalue weighted by Crippen LogP contribution is 2.39. The second kappa shape index (κ2) is 21.8. The minimum atomic E-state index is -1.30. The van der Waals surface area contributed by atoms with Gasteiger partial charge in [-0.1, -0.05) is 73.9 Å². The van der Waals surface area contributed by atoms with Gasteiger partial charge in [0.1, 0.15) is 23.8 Å². The van der Waals surface area contributed by atoms with Gasteiger partial charge in [-0.2, -0.15) is 4.98 Å². The number of rotatable bonds is 14. The molecule has 0 unspecified atom stereocenters. The lowest BCUT2D eigenvalue weighted by molar-refractivity contribution is -0.133. The van der Waals surface area contributed by atoms with Gasteiger partial charge >= 0.3 is 5.69 Å². The number of aromatic nitrogens is 3. The molecule has 1 aliphatic carbocycles. The predicted octanol–water partition coefficient (Wildman–Crippen LogP) is 2.59. The van der Waals surface area contributed by atoms with Crippen molar-refractivity contribution in [3.8, 4) is 0 Å². The molecule has 7 rings (SSSR count). The molecule has 4 heterocycles. The normalized spacial score (nSPS) is 22.5. The first-order valence-electron chi connectivity index (χ1n) is 22.2. The van der Waals surface area contributed by atoms with Crippen LogP contribution in [0.25, 0.3) is 10.9 Å². The number of hydrogen-bond acceptors (Lipinski definition) is 12. The number of aliphatic hydroxyl groups is 2. The number of amides is 4. The molecule has 2 aromatic heterocycles. The number of piperidine rings is 1. The molecule has 0 radical (unpaired) electrons. The summed E-state index contributed by atoms with van der Waals surface area (Å²) in [7, 11) is 0. The zero-order valence-electron chi connectivity index (χ0n) is 36.9. The van der Waals surface area contributed by atoms with Crippen molar-refractivity contribution in [2.24, 2.45) is 17.6 Å². The molecule has 3 fully saturated rings. The Labute approximate surface area is 373 Å². The minimum Gasteiger partial charge on any atom is -0.394 e. The molecule has 4 aromatic rings. The van der Waals surface area contributed by atoms with E-state index >= 15 is 0 Å². The first-order valence-corrected chi connectivity index (χ1v) is 22.2. The van der Waals surface area contributed by atoms with Gasteiger partial charge < -0.3 is 42.4 Å². The van der Waals surface area contributed by atoms with E-state index in [4.69, 9.17) is 21.3 Å². The largest absolute Gasteiger partial charge is 0.394 e. The third-order valence-electron chi connectivity index (χ3n) is 12.1. The van der Waals surface area contributed by atoms with Gasteiger partial charge in [0.25, 0.3) is 5.91 Å². The van der Waals surface area contributed by atoms with E-state index in [1.54, 1.807) is 30.5 Å². The third-order valence-corrected chi connectivity index (χ3v) is 12.1. The van der Waals surface area contributed by atoms with Crippen molar-refractivity contribution >= 4 is 40.3 Å². The number of anilines is 1. The van der Waals surface area contributed by atoms with Crippen LogP contribution in [0.4, 0.5) is 5.82 Å². The smallest absolute Gasteiger partial charge is 0.351 e. The first kappa shape index (κ1) is 47.7. The number of nitrogen functional groups attached to an aromatic ring is 1. The molecule has 17 heteroatoms. The number of benzene rings is 2. The first-order chi connectivity index (χ1) is 30.6. The van der Waals surface area contributed by atoms with Gasteiger partial charge in [0.2, 0.25) is 17.7 Å². The zero-order valence-corrected chi connectivity index (χ0v) is 36.9. The topological polar surface area (TPSA) is 257 Å². The molecule has 4 amide bonds. The maximum atomic E-state index is 13.8. The number of carbonyl (C=O) groups is 4. The van der Waals surface area contributed by atoms with Crippen molar-refractivity contribution in [1.82, 2.24) is 35.4 Å². The van der Waals surface area contributed by atoms with Crippen LogP contribution in [0.5, 0.6) is 0 Å². The highest BCUT2D eigenvalue weighted by molar-refractivity contribution is 5.99. The van der Waals surface area contributed by atoms with Crippen molar-refractivity contribution in [2.75, 3.05) is 25.4 Å². The Morgan fingerprint density at radius 3 is 2.31 bits per heavy atom. The fourth-order valence-corrected chi connectivity index (χ4v) is 8.93. The van der Waals surface area contributed by atoms with E-state index in [0.717, 1.165) is 43.1 Å². The van der Waals surface area contributed by atoms with Gasteiger partial charge in [0.05, 0.1) is 42.8 Å². The SMILES string of the molecule is CC(C)(C)NC(=O)[C@@H]1C[C@@H]2CCCC[C@@H]2CN1C[C@@H](O)[C@H](Cc1ccccc1)NC(=O)[C@H](CC(N)=O)NC(=O)c1ccc2ccccc2n1.Nc1ccn([C@H]2CC[C@@H](CO)O2)c(=O)n1. The zero-order chi connectivity index (χ0) is 46.0. The number of pyridine rings is 1. The summed E-state index contributed by atoms with van der Waals surface area (Å²) in [4.78, 5) is 74.3. The summed E-state index contributed by atoms with van der Waals surface area (Å²) >= 11 is 0. The monoisotopic (exact) mass is 881 g/mol. The number of β-amino-alcohol motifs (C(OH)–C–C–N with tert-alkyl or cyclic N) is 1. The molecule has 9 N–H and O–H groups in total. The molecule has 2 aliphatic heterocycles. The van der Waals surface area contributed by atoms with Crippen molar-refractivity contribution < 1.29 is 34.1 Å². The fraction of sp³-hybridized carbons (Fsp3) is 0.511. The summed E-state index contributed by atoms with van der Waals surface area (Å²) in [5.74, 6) is -0.994. The number of fused-ring (bicyclic) bond motifs is 2. The Hall–Kier alpha value is -5.75. The van der Waals surface area contributed by atoms with Crippen LogP contribution in [0.2, 0.25) is 0 Å². The summed E-state index contributed by atoms with van der Waals surface area (Å²) in [6.07, 6.45) is 6.54. The predicted molar refractivity (Wildman–Crippen MR) is 241 cm³/mol. The summed E-state index contributed by atoms with van der Waals surface area (Å²) < 4.78 is 6.84. The van der Waals surface area contributed by atoms with Crippen LogP contribution in [-0.4, -0.2) is 109 Å². The van der Waals surface area contributed by atoms with Crippen molar-refractivity contribution in [3.63, 3.8) is 0 Å². The Morgan fingerprint density at radius 1 is 0.906 bits per heavy atom. The van der Waals surface area contributed by atoms with Crippen molar-refractivity contribution in [3.05, 3.63) is 101 Å². The van der Waals surface area contributed by atoms with Crippen LogP contribution in [0, 0.1) is 11.8 Å². The summed E-state index contributed by atoms with van der Waals surface area (Å²) in [5, 5.41) is 30.3. The standard InChI is InChI=1S/C38H50N6O5.C9H13N3O3/c1-38(2,3)43-37(49)32-20-26-14-7-8-15-27(26)22-44(32)23-33(45)30(19-24-11-5-4-6-12-24)41-36(48)31(21-34(39)46)42-35(47)29-18-17-25-13-9-10-16-28(25)40-29;10-7-3-4-12(9(14)11-7)8-2-1-6(5-13)15-8/h4-6,9-13,16-18,26-27,30-33,45H,7-8,14-15,19-23H2,1-3H3,(H2,39,46)(H,41,48)(H,42,47)(H,43,49);3-4,6,8,13H,1-2,5H2,(H2,10,11,14)/t26-,27+,30-,31-,32-,33+;6-,8+/m00/s1. The number of primary amides is 1. The van der Waals surface area contributed by atoms with Gasteiger partial charge in [-0.15, -0.1) is 0 Å². The Morgan fingerprint density at radius 2 is 1.62 bits per heavy atom. The molecular weight excluding hydrogens is 819 g/mol. The molecule has 344 valence electrons. The van der Waals surface area contributed by atoms with Gasteiger partial charge in [-0.25, -0.2) is 9.78 Å². The lowest BCUT2D eigenvalue weighted by atomic mass is 9.72. The van der Waals surface area contributed by atoms with Gasteiger partial charge in [-0.3, -0.25) is 28.6 Å². The van der Waals surface area contributed by atoms with E-state index in [9.17, 15) is 29.1 Å². The summed E-state index contributed by atoms with van der Waals surface area (Å²) in [5.41, 5.74) is 11.7. The highest BCUT2D eigenvalue weighted by Gasteiger charge is 2.42. The number of hydrogen-bond donors (Lipinski definition) is 7. The second-order valence-corrected chi connectivity index (χ2v) is 18.2. The Bertz CT molecular complexity index is 2290. The lowest BCUT2D eigenvalue weighted by Gasteiger charge is -2.47. The van der Waals surface area contributed by atoms with Crippen LogP contribution in [0.3, 0.4) is 0 Å². The Balaban J connectivity index is 0.000000380. The van der Waals surface area contributed by atoms with E-state index in [0.29, 0.717) is 30.3 Å². The molecule has 2 saturated heterocycles. The second-order valence-electron chi connectivity index (χ2n) is 18.2. The van der Waals surface area contributed by atoms with Crippen molar-refractivity contribution in [2.45, 2.75) is 121 Å². The van der Waals surface area contributed by atoms with E-state index in [1.807, 2.05) is 69.3 Å². The van der Waals surface area contributed by atoms with Crippen molar-refractivity contribution in [1.29, 1.82) is 0 Å². The molecule has 8 atom stereocenters. The molecule has 17 nitrogen and oxygen atoms in total. The number of nitrogens with zero attached hydrogens (tertiary/aromatic N) is 4. The molecule has 64 heavy (non-hydrogen) atoms. The quantitative estimate of drug-likeness (QED) is 0.0965. The number of likely N-dealkylation sites (tertiary alicyclic amines) is 1. The molecule has 3 aliphatic rings. The Kier molecular flexibility index (Phi) is 16.2. The fourth-order valence-electron chi connectivity index (χ4n) is 8.93. The van der Waals surface area contributed by atoms with E-state index in [-0.39, 0.29) is 49.3 Å². The number of carbonyl (C=O) groups excluding carboxylic acids is 4. The van der Waals surface area contributed by atoms with Crippen LogP contribution >= 0.6 is 0 Å². The number of para-hydroxylation sites is 1. The third kappa shape index (κ3) is 13.2. The minimum absolute atomic E-state index is 0.0202. The van der Waals surface area contributed by atoms with Gasteiger partial charge in [-0.05, 0) is 88.5 Å². The molecule has 0 bridgehead atoms. The molecule has 2 aromatic carbocycles.